The Kier molecular flexibility index (Phi) is 6.07. The van der Waals surface area contributed by atoms with Crippen molar-refractivity contribution >= 4 is 29.3 Å². The monoisotopic (exact) mass is 393 g/mol. The molecule has 0 fully saturated rings. The van der Waals surface area contributed by atoms with Crippen LogP contribution in [0, 0.1) is 0 Å². The molecule has 7 nitrogen and oxygen atoms in total. The van der Waals surface area contributed by atoms with Gasteiger partial charge in [0.1, 0.15) is 0 Å². The fraction of sp³-hybridized carbons (Fsp3) is 0.273. The molecule has 0 saturated heterocycles. The second kappa shape index (κ2) is 8.68. The summed E-state index contributed by atoms with van der Waals surface area (Å²) in [7, 11) is 0. The van der Waals surface area contributed by atoms with Crippen LogP contribution in [0.4, 0.5) is 5.69 Å². The number of fused-ring (bicyclic) bond motifs is 1. The van der Waals surface area contributed by atoms with Gasteiger partial charge in [0.05, 0.1) is 11.1 Å². The quantitative estimate of drug-likeness (QED) is 0.733. The lowest BCUT2D eigenvalue weighted by molar-refractivity contribution is -0.116. The Morgan fingerprint density at radius 2 is 1.45 bits per heavy atom. The molecule has 0 aromatic heterocycles. The summed E-state index contributed by atoms with van der Waals surface area (Å²) in [4.78, 5) is 52.0. The predicted octanol–water partition coefficient (Wildman–Crippen LogP) is 2.79. The zero-order chi connectivity index (χ0) is 21.0. The highest BCUT2D eigenvalue weighted by molar-refractivity contribution is 6.21. The summed E-state index contributed by atoms with van der Waals surface area (Å²) in [5, 5.41) is 2.73. The maximum Gasteiger partial charge on any atom is 0.261 e. The third kappa shape index (κ3) is 4.18. The average Bonchev–Trinajstić information content (AvgIpc) is 2.98. The van der Waals surface area contributed by atoms with E-state index in [2.05, 4.69) is 5.32 Å². The van der Waals surface area contributed by atoms with Gasteiger partial charge in [-0.15, -0.1) is 0 Å². The van der Waals surface area contributed by atoms with E-state index in [9.17, 15) is 19.2 Å². The number of amides is 4. The molecule has 150 valence electrons. The Morgan fingerprint density at radius 3 is 1.97 bits per heavy atom. The van der Waals surface area contributed by atoms with Gasteiger partial charge in [0, 0.05) is 37.3 Å². The van der Waals surface area contributed by atoms with Crippen LogP contribution in [0.1, 0.15) is 51.3 Å². The molecule has 2 aromatic rings. The van der Waals surface area contributed by atoms with E-state index in [1.54, 1.807) is 53.4 Å². The number of hydrogen-bond donors (Lipinski definition) is 1. The summed E-state index contributed by atoms with van der Waals surface area (Å²) >= 11 is 0. The van der Waals surface area contributed by atoms with Gasteiger partial charge in [0.15, 0.2) is 0 Å². The predicted molar refractivity (Wildman–Crippen MR) is 109 cm³/mol. The molecule has 0 radical (unpaired) electrons. The highest BCUT2D eigenvalue weighted by Gasteiger charge is 2.34. The van der Waals surface area contributed by atoms with E-state index in [0.717, 1.165) is 4.90 Å². The molecule has 0 saturated carbocycles. The lowest BCUT2D eigenvalue weighted by Gasteiger charge is -2.18. The first-order chi connectivity index (χ1) is 14.0. The summed E-state index contributed by atoms with van der Waals surface area (Å²) in [5.41, 5.74) is 1.84. The SMILES string of the molecule is CCN(CC)C(=O)c1ccc(NC(=O)CCN2C(=O)c3ccccc3C2=O)cc1. The van der Waals surface area contributed by atoms with Gasteiger partial charge >= 0.3 is 0 Å². The van der Waals surface area contributed by atoms with Crippen molar-refractivity contribution in [2.45, 2.75) is 20.3 Å². The first-order valence-electron chi connectivity index (χ1n) is 9.60. The third-order valence-corrected chi connectivity index (χ3v) is 4.91. The fourth-order valence-electron chi connectivity index (χ4n) is 3.27. The van der Waals surface area contributed by atoms with Crippen molar-refractivity contribution in [3.8, 4) is 0 Å². The minimum atomic E-state index is -0.377. The standard InChI is InChI=1S/C22H23N3O4/c1-3-24(4-2)20(27)15-9-11-16(12-10-15)23-19(26)13-14-25-21(28)17-7-5-6-8-18(17)22(25)29/h5-12H,3-4,13-14H2,1-2H3,(H,23,26). The molecular formula is C22H23N3O4. The minimum absolute atomic E-state index is 0.00834. The maximum atomic E-state index is 12.3. The molecule has 29 heavy (non-hydrogen) atoms. The van der Waals surface area contributed by atoms with Crippen LogP contribution >= 0.6 is 0 Å². The normalized spacial score (nSPS) is 12.7. The average molecular weight is 393 g/mol. The summed E-state index contributed by atoms with van der Waals surface area (Å²) < 4.78 is 0. The highest BCUT2D eigenvalue weighted by Crippen LogP contribution is 2.22. The molecule has 1 heterocycles. The van der Waals surface area contributed by atoms with Gasteiger partial charge in [-0.25, -0.2) is 0 Å². The lowest BCUT2D eigenvalue weighted by atomic mass is 10.1. The Balaban J connectivity index is 1.56. The molecule has 0 spiro atoms. The molecule has 2 aromatic carbocycles. The smallest absolute Gasteiger partial charge is 0.261 e. The van der Waals surface area contributed by atoms with Crippen LogP contribution in [-0.2, 0) is 4.79 Å². The summed E-state index contributed by atoms with van der Waals surface area (Å²) in [6, 6.07) is 13.3. The topological polar surface area (TPSA) is 86.8 Å². The number of carbonyl (C=O) groups excluding carboxylic acids is 4. The van der Waals surface area contributed by atoms with Crippen molar-refractivity contribution in [3.63, 3.8) is 0 Å². The third-order valence-electron chi connectivity index (χ3n) is 4.91. The molecule has 1 aliphatic heterocycles. The van der Waals surface area contributed by atoms with Crippen molar-refractivity contribution < 1.29 is 19.2 Å². The van der Waals surface area contributed by atoms with Crippen LogP contribution in [0.25, 0.3) is 0 Å². The van der Waals surface area contributed by atoms with Gasteiger partial charge in [0.25, 0.3) is 17.7 Å². The number of imide groups is 1. The van der Waals surface area contributed by atoms with E-state index < -0.39 is 0 Å². The molecule has 0 unspecified atom stereocenters. The fourth-order valence-corrected chi connectivity index (χ4v) is 3.27. The van der Waals surface area contributed by atoms with E-state index in [1.807, 2.05) is 13.8 Å². The molecule has 0 bridgehead atoms. The number of benzene rings is 2. The van der Waals surface area contributed by atoms with Gasteiger partial charge in [-0.3, -0.25) is 24.1 Å². The number of hydrogen-bond acceptors (Lipinski definition) is 4. The second-order valence-electron chi connectivity index (χ2n) is 6.66. The van der Waals surface area contributed by atoms with Crippen molar-refractivity contribution in [1.29, 1.82) is 0 Å². The minimum Gasteiger partial charge on any atom is -0.339 e. The van der Waals surface area contributed by atoms with Crippen LogP contribution in [0.15, 0.2) is 48.5 Å². The van der Waals surface area contributed by atoms with E-state index >= 15 is 0 Å². The number of nitrogens with one attached hydrogen (secondary N) is 1. The Bertz CT molecular complexity index is 914. The number of anilines is 1. The van der Waals surface area contributed by atoms with Crippen LogP contribution in [-0.4, -0.2) is 53.1 Å². The van der Waals surface area contributed by atoms with Crippen LogP contribution in [0.5, 0.6) is 0 Å². The van der Waals surface area contributed by atoms with Gasteiger partial charge in [-0.1, -0.05) is 12.1 Å². The summed E-state index contributed by atoms with van der Waals surface area (Å²) in [5.74, 6) is -1.13. The lowest BCUT2D eigenvalue weighted by Crippen LogP contribution is -2.32. The molecule has 1 N–H and O–H groups in total. The zero-order valence-electron chi connectivity index (χ0n) is 16.5. The van der Waals surface area contributed by atoms with Gasteiger partial charge in [0.2, 0.25) is 5.91 Å². The van der Waals surface area contributed by atoms with Gasteiger partial charge in [-0.2, -0.15) is 0 Å². The first kappa shape index (κ1) is 20.3. The molecular weight excluding hydrogens is 370 g/mol. The van der Waals surface area contributed by atoms with Crippen LogP contribution in [0.3, 0.4) is 0 Å². The van der Waals surface area contributed by atoms with Crippen LogP contribution < -0.4 is 5.32 Å². The molecule has 7 heteroatoms. The Hall–Kier alpha value is -3.48. The number of nitrogens with zero attached hydrogens (tertiary/aromatic N) is 2. The number of carbonyl (C=O) groups is 4. The molecule has 3 rings (SSSR count). The number of rotatable bonds is 7. The van der Waals surface area contributed by atoms with Crippen molar-refractivity contribution in [2.24, 2.45) is 0 Å². The molecule has 4 amide bonds. The zero-order valence-corrected chi connectivity index (χ0v) is 16.5. The first-order valence-corrected chi connectivity index (χ1v) is 9.60. The second-order valence-corrected chi connectivity index (χ2v) is 6.66. The maximum absolute atomic E-state index is 12.3. The summed E-state index contributed by atoms with van der Waals surface area (Å²) in [6.45, 7) is 5.11. The molecule has 0 aliphatic carbocycles. The van der Waals surface area contributed by atoms with Gasteiger partial charge in [-0.05, 0) is 50.2 Å². The van der Waals surface area contributed by atoms with E-state index in [0.29, 0.717) is 35.5 Å². The summed E-state index contributed by atoms with van der Waals surface area (Å²) in [6.07, 6.45) is -0.00834. The van der Waals surface area contributed by atoms with E-state index in [-0.39, 0.29) is 36.6 Å². The van der Waals surface area contributed by atoms with E-state index in [1.165, 1.54) is 0 Å². The van der Waals surface area contributed by atoms with Gasteiger partial charge < -0.3 is 10.2 Å². The van der Waals surface area contributed by atoms with Crippen molar-refractivity contribution in [3.05, 3.63) is 65.2 Å². The highest BCUT2D eigenvalue weighted by atomic mass is 16.2. The van der Waals surface area contributed by atoms with Crippen molar-refractivity contribution in [1.82, 2.24) is 9.80 Å². The Morgan fingerprint density at radius 1 is 0.897 bits per heavy atom. The largest absolute Gasteiger partial charge is 0.339 e. The van der Waals surface area contributed by atoms with Crippen molar-refractivity contribution in [2.75, 3.05) is 25.0 Å². The molecule has 1 aliphatic rings. The Labute approximate surface area is 169 Å². The van der Waals surface area contributed by atoms with Crippen LogP contribution in [0.2, 0.25) is 0 Å². The molecule has 0 atom stereocenters. The van der Waals surface area contributed by atoms with E-state index in [4.69, 9.17) is 0 Å².